The highest BCUT2D eigenvalue weighted by atomic mass is 32.2. The fourth-order valence-electron chi connectivity index (χ4n) is 1.63. The van der Waals surface area contributed by atoms with Crippen molar-refractivity contribution in [2.24, 2.45) is 5.73 Å². The molecule has 1 aromatic heterocycles. The molecule has 16 heavy (non-hydrogen) atoms. The molecule has 2 N–H and O–H groups in total. The Morgan fingerprint density at radius 1 is 1.56 bits per heavy atom. The minimum atomic E-state index is 0.130. The van der Waals surface area contributed by atoms with Crippen LogP contribution >= 0.6 is 11.8 Å². The molecule has 1 aromatic rings. The van der Waals surface area contributed by atoms with Gasteiger partial charge in [0.05, 0.1) is 11.7 Å². The number of thioether (sulfide) groups is 1. The van der Waals surface area contributed by atoms with Gasteiger partial charge in [0.2, 0.25) is 5.89 Å². The molecule has 1 aliphatic carbocycles. The van der Waals surface area contributed by atoms with Crippen LogP contribution in [0.4, 0.5) is 0 Å². The zero-order valence-corrected chi connectivity index (χ0v) is 10.4. The molecular weight excluding hydrogens is 222 g/mol. The van der Waals surface area contributed by atoms with E-state index in [4.69, 9.17) is 10.3 Å². The van der Waals surface area contributed by atoms with E-state index in [9.17, 15) is 0 Å². The molecule has 1 aliphatic rings. The summed E-state index contributed by atoms with van der Waals surface area (Å²) in [6.45, 7) is 4.31. The molecule has 0 bridgehead atoms. The van der Waals surface area contributed by atoms with E-state index in [1.54, 1.807) is 0 Å². The lowest BCUT2D eigenvalue weighted by atomic mass is 10.1. The van der Waals surface area contributed by atoms with Gasteiger partial charge in [-0.1, -0.05) is 31.2 Å². The summed E-state index contributed by atoms with van der Waals surface area (Å²) in [5.41, 5.74) is 5.79. The van der Waals surface area contributed by atoms with E-state index in [-0.39, 0.29) is 12.0 Å². The molecule has 88 valence electrons. The first kappa shape index (κ1) is 11.7. The Bertz CT molecular complexity index is 375. The maximum atomic E-state index is 5.79. The Labute approximate surface area is 99.7 Å². The van der Waals surface area contributed by atoms with Crippen molar-refractivity contribution in [2.45, 2.75) is 43.2 Å². The Kier molecular flexibility index (Phi) is 3.66. The van der Waals surface area contributed by atoms with E-state index in [1.165, 1.54) is 0 Å². The zero-order valence-electron chi connectivity index (χ0n) is 9.59. The lowest BCUT2D eigenvalue weighted by Gasteiger charge is -2.02. The third kappa shape index (κ3) is 2.86. The van der Waals surface area contributed by atoms with E-state index in [2.05, 4.69) is 30.1 Å². The minimum Gasteiger partial charge on any atom is -0.339 e. The van der Waals surface area contributed by atoms with Crippen molar-refractivity contribution in [3.63, 3.8) is 0 Å². The topological polar surface area (TPSA) is 64.9 Å². The Hall–Kier alpha value is -0.810. The SMILES string of the molecule is CC(C)SCc1noc(C2C=CC(N)C2)n1. The molecule has 0 saturated carbocycles. The summed E-state index contributed by atoms with van der Waals surface area (Å²) in [6, 6.07) is 0.130. The zero-order chi connectivity index (χ0) is 11.5. The van der Waals surface area contributed by atoms with Crippen LogP contribution in [-0.4, -0.2) is 21.4 Å². The predicted octanol–water partition coefficient (Wildman–Crippen LogP) is 2.08. The van der Waals surface area contributed by atoms with Crippen molar-refractivity contribution in [3.05, 3.63) is 23.9 Å². The van der Waals surface area contributed by atoms with Crippen LogP contribution in [0.25, 0.3) is 0 Å². The van der Waals surface area contributed by atoms with Gasteiger partial charge < -0.3 is 10.3 Å². The molecule has 0 amide bonds. The molecule has 2 unspecified atom stereocenters. The molecule has 4 nitrogen and oxygen atoms in total. The lowest BCUT2D eigenvalue weighted by molar-refractivity contribution is 0.361. The molecular formula is C11H17N3OS. The van der Waals surface area contributed by atoms with Gasteiger partial charge in [-0.05, 0) is 11.7 Å². The first-order valence-corrected chi connectivity index (χ1v) is 6.58. The van der Waals surface area contributed by atoms with Gasteiger partial charge in [0.15, 0.2) is 5.82 Å². The summed E-state index contributed by atoms with van der Waals surface area (Å²) in [5.74, 6) is 2.50. The fourth-order valence-corrected chi connectivity index (χ4v) is 2.23. The molecule has 0 aromatic carbocycles. The van der Waals surface area contributed by atoms with Gasteiger partial charge in [0, 0.05) is 6.04 Å². The van der Waals surface area contributed by atoms with Crippen LogP contribution in [0.2, 0.25) is 0 Å². The van der Waals surface area contributed by atoms with Crippen molar-refractivity contribution >= 4 is 11.8 Å². The average Bonchev–Trinajstić information content (AvgIpc) is 2.83. The molecule has 5 heteroatoms. The van der Waals surface area contributed by atoms with Gasteiger partial charge in [-0.25, -0.2) is 0 Å². The van der Waals surface area contributed by atoms with Crippen molar-refractivity contribution in [1.82, 2.24) is 10.1 Å². The molecule has 0 spiro atoms. The predicted molar refractivity (Wildman–Crippen MR) is 65.2 cm³/mol. The maximum absolute atomic E-state index is 5.79. The first-order chi connectivity index (χ1) is 7.65. The summed E-state index contributed by atoms with van der Waals surface area (Å²) in [4.78, 5) is 4.39. The van der Waals surface area contributed by atoms with Crippen LogP contribution in [0.5, 0.6) is 0 Å². The number of aromatic nitrogens is 2. The number of nitrogens with two attached hydrogens (primary N) is 1. The quantitative estimate of drug-likeness (QED) is 0.815. The summed E-state index contributed by atoms with van der Waals surface area (Å²) < 4.78 is 5.25. The maximum Gasteiger partial charge on any atom is 0.233 e. The molecule has 0 fully saturated rings. The summed E-state index contributed by atoms with van der Waals surface area (Å²) in [5, 5.41) is 4.56. The van der Waals surface area contributed by atoms with Crippen molar-refractivity contribution in [3.8, 4) is 0 Å². The van der Waals surface area contributed by atoms with Gasteiger partial charge >= 0.3 is 0 Å². The van der Waals surface area contributed by atoms with Crippen LogP contribution in [0.1, 0.15) is 37.9 Å². The molecule has 0 radical (unpaired) electrons. The number of hydrogen-bond acceptors (Lipinski definition) is 5. The second kappa shape index (κ2) is 5.01. The van der Waals surface area contributed by atoms with Crippen molar-refractivity contribution in [1.29, 1.82) is 0 Å². The number of rotatable bonds is 4. The first-order valence-electron chi connectivity index (χ1n) is 5.53. The standard InChI is InChI=1S/C11H17N3OS/c1-7(2)16-6-10-13-11(15-14-10)8-3-4-9(12)5-8/h3-4,7-9H,5-6,12H2,1-2H3. The van der Waals surface area contributed by atoms with Crippen LogP contribution in [0.3, 0.4) is 0 Å². The van der Waals surface area contributed by atoms with E-state index in [0.717, 1.165) is 18.0 Å². The van der Waals surface area contributed by atoms with Gasteiger partial charge in [-0.15, -0.1) is 0 Å². The normalized spacial score (nSPS) is 24.5. The smallest absolute Gasteiger partial charge is 0.233 e. The highest BCUT2D eigenvalue weighted by Crippen LogP contribution is 2.27. The van der Waals surface area contributed by atoms with Gasteiger partial charge in [-0.2, -0.15) is 16.7 Å². The number of nitrogens with zero attached hydrogens (tertiary/aromatic N) is 2. The van der Waals surface area contributed by atoms with Crippen LogP contribution in [0.15, 0.2) is 16.7 Å². The molecule has 0 aliphatic heterocycles. The Morgan fingerprint density at radius 3 is 3.00 bits per heavy atom. The molecule has 0 saturated heterocycles. The monoisotopic (exact) mass is 239 g/mol. The van der Waals surface area contributed by atoms with Gasteiger partial charge in [0.25, 0.3) is 0 Å². The fraction of sp³-hybridized carbons (Fsp3) is 0.636. The van der Waals surface area contributed by atoms with E-state index in [1.807, 2.05) is 17.8 Å². The van der Waals surface area contributed by atoms with Crippen molar-refractivity contribution < 1.29 is 4.52 Å². The van der Waals surface area contributed by atoms with Gasteiger partial charge in [0.1, 0.15) is 0 Å². The third-order valence-corrected chi connectivity index (χ3v) is 3.56. The Balaban J connectivity index is 1.95. The summed E-state index contributed by atoms with van der Waals surface area (Å²) in [7, 11) is 0. The second-order valence-electron chi connectivity index (χ2n) is 4.30. The summed E-state index contributed by atoms with van der Waals surface area (Å²) >= 11 is 1.81. The van der Waals surface area contributed by atoms with E-state index in [0.29, 0.717) is 11.1 Å². The van der Waals surface area contributed by atoms with Crippen LogP contribution in [-0.2, 0) is 5.75 Å². The lowest BCUT2D eigenvalue weighted by Crippen LogP contribution is -2.14. The number of allylic oxidation sites excluding steroid dienone is 1. The average molecular weight is 239 g/mol. The highest BCUT2D eigenvalue weighted by molar-refractivity contribution is 7.99. The van der Waals surface area contributed by atoms with E-state index < -0.39 is 0 Å². The van der Waals surface area contributed by atoms with Crippen molar-refractivity contribution in [2.75, 3.05) is 0 Å². The highest BCUT2D eigenvalue weighted by Gasteiger charge is 2.22. The molecule has 1 heterocycles. The van der Waals surface area contributed by atoms with Gasteiger partial charge in [-0.3, -0.25) is 0 Å². The van der Waals surface area contributed by atoms with E-state index >= 15 is 0 Å². The largest absolute Gasteiger partial charge is 0.339 e. The minimum absolute atomic E-state index is 0.130. The third-order valence-electron chi connectivity index (χ3n) is 2.46. The molecule has 2 atom stereocenters. The van der Waals surface area contributed by atoms with Crippen LogP contribution < -0.4 is 5.73 Å². The summed E-state index contributed by atoms with van der Waals surface area (Å²) in [6.07, 6.45) is 4.92. The number of hydrogen-bond donors (Lipinski definition) is 1. The second-order valence-corrected chi connectivity index (χ2v) is 5.86. The van der Waals surface area contributed by atoms with Crippen LogP contribution in [0, 0.1) is 0 Å². The molecule has 2 rings (SSSR count). The Morgan fingerprint density at radius 2 is 2.38 bits per heavy atom.